The van der Waals surface area contributed by atoms with E-state index in [0.717, 1.165) is 5.56 Å². The fourth-order valence-electron chi connectivity index (χ4n) is 5.17. The molecule has 4 N–H and O–H groups in total. The van der Waals surface area contributed by atoms with Crippen molar-refractivity contribution in [1.82, 2.24) is 4.57 Å². The molecule has 2 unspecified atom stereocenters. The molecular formula is C35H35FN2O7. The van der Waals surface area contributed by atoms with Crippen LogP contribution in [0.15, 0.2) is 84.9 Å². The highest BCUT2D eigenvalue weighted by Crippen LogP contribution is 2.43. The number of carboxylic acids is 1. The highest BCUT2D eigenvalue weighted by molar-refractivity contribution is 6.12. The first kappa shape index (κ1) is 32.8. The minimum absolute atomic E-state index is 0.211. The normalized spacial score (nSPS) is 12.7. The van der Waals surface area contributed by atoms with E-state index in [9.17, 15) is 29.0 Å². The zero-order valence-corrected chi connectivity index (χ0v) is 25.1. The van der Waals surface area contributed by atoms with Gasteiger partial charge < -0.3 is 29.9 Å². The summed E-state index contributed by atoms with van der Waals surface area (Å²) in [5.41, 5.74) is 4.10. The molecule has 2 atom stereocenters. The van der Waals surface area contributed by atoms with E-state index in [2.05, 4.69) is 5.32 Å². The molecule has 0 saturated heterocycles. The minimum atomic E-state index is -1.26. The van der Waals surface area contributed by atoms with E-state index in [1.54, 1.807) is 42.5 Å². The van der Waals surface area contributed by atoms with Gasteiger partial charge in [-0.1, -0.05) is 48.5 Å². The van der Waals surface area contributed by atoms with Crippen molar-refractivity contribution in [1.29, 1.82) is 0 Å². The van der Waals surface area contributed by atoms with E-state index in [-0.39, 0.29) is 12.5 Å². The van der Waals surface area contributed by atoms with Crippen LogP contribution in [0.5, 0.6) is 0 Å². The number of aliphatic hydroxyl groups excluding tert-OH is 2. The molecule has 0 fully saturated rings. The maximum absolute atomic E-state index is 14.2. The zero-order chi connectivity index (χ0) is 32.7. The number of esters is 1. The Balaban J connectivity index is 1.92. The number of aliphatic hydroxyl groups is 2. The first-order valence-corrected chi connectivity index (χ1v) is 14.4. The third kappa shape index (κ3) is 7.91. The zero-order valence-electron chi connectivity index (χ0n) is 25.1. The molecule has 10 heteroatoms. The number of benzene rings is 3. The van der Waals surface area contributed by atoms with Crippen LogP contribution in [0.25, 0.3) is 28.3 Å². The van der Waals surface area contributed by atoms with Crippen LogP contribution in [0.3, 0.4) is 0 Å². The van der Waals surface area contributed by atoms with Crippen molar-refractivity contribution in [2.24, 2.45) is 0 Å². The number of ether oxygens (including phenoxy) is 1. The Morgan fingerprint density at radius 1 is 0.911 bits per heavy atom. The van der Waals surface area contributed by atoms with Crippen molar-refractivity contribution in [3.63, 3.8) is 0 Å². The van der Waals surface area contributed by atoms with E-state index in [4.69, 9.17) is 9.84 Å². The van der Waals surface area contributed by atoms with Gasteiger partial charge in [0.05, 0.1) is 31.3 Å². The molecule has 45 heavy (non-hydrogen) atoms. The van der Waals surface area contributed by atoms with Crippen molar-refractivity contribution in [2.45, 2.75) is 44.9 Å². The van der Waals surface area contributed by atoms with Gasteiger partial charge in [-0.25, -0.2) is 9.18 Å². The Bertz CT molecular complexity index is 1680. The average molecular weight is 615 g/mol. The van der Waals surface area contributed by atoms with Crippen molar-refractivity contribution < 1.29 is 38.8 Å². The monoisotopic (exact) mass is 614 g/mol. The van der Waals surface area contributed by atoms with Gasteiger partial charge in [0.25, 0.3) is 5.91 Å². The number of rotatable bonds is 12. The molecule has 3 aromatic carbocycles. The lowest BCUT2D eigenvalue weighted by Gasteiger charge is -2.17. The molecule has 0 spiro atoms. The van der Waals surface area contributed by atoms with Crippen molar-refractivity contribution >= 4 is 29.6 Å². The van der Waals surface area contributed by atoms with Gasteiger partial charge in [0.1, 0.15) is 11.5 Å². The first-order chi connectivity index (χ1) is 21.5. The number of aromatic nitrogens is 1. The maximum Gasteiger partial charge on any atom is 0.337 e. The number of carbonyl (C=O) groups excluding carboxylic acids is 2. The molecule has 0 saturated carbocycles. The fourth-order valence-corrected chi connectivity index (χ4v) is 5.17. The van der Waals surface area contributed by atoms with Crippen molar-refractivity contribution in [3.8, 4) is 22.3 Å². The Morgan fingerprint density at radius 3 is 2.11 bits per heavy atom. The number of aliphatic carboxylic acids is 1. The van der Waals surface area contributed by atoms with E-state index in [1.807, 2.05) is 48.7 Å². The number of methoxy groups -OCH3 is 1. The summed E-state index contributed by atoms with van der Waals surface area (Å²) in [4.78, 5) is 37.1. The van der Waals surface area contributed by atoms with Crippen LogP contribution >= 0.6 is 0 Å². The highest BCUT2D eigenvalue weighted by atomic mass is 19.1. The van der Waals surface area contributed by atoms with Crippen LogP contribution < -0.4 is 5.32 Å². The molecule has 9 nitrogen and oxygen atoms in total. The summed E-state index contributed by atoms with van der Waals surface area (Å²) < 4.78 is 20.6. The lowest BCUT2D eigenvalue weighted by atomic mass is 9.94. The van der Waals surface area contributed by atoms with Crippen LogP contribution in [-0.4, -0.2) is 57.1 Å². The molecule has 0 aliphatic carbocycles. The van der Waals surface area contributed by atoms with Crippen LogP contribution in [0.4, 0.5) is 10.1 Å². The Morgan fingerprint density at radius 2 is 1.53 bits per heavy atom. The number of amides is 1. The SMILES string of the molecule is COC(=O)c1ccc(NC(=O)c2c(-c3ccccc3)c(-c3ccc(F)cc3)c(/C=C/C(O)CC(O)CC(=O)O)n2C(C)C)cc1. The van der Waals surface area contributed by atoms with Gasteiger partial charge in [0, 0.05) is 35.0 Å². The van der Waals surface area contributed by atoms with Crippen LogP contribution in [0.1, 0.15) is 59.3 Å². The van der Waals surface area contributed by atoms with E-state index >= 15 is 0 Å². The summed E-state index contributed by atoms with van der Waals surface area (Å²) in [6.07, 6.45) is -0.113. The lowest BCUT2D eigenvalue weighted by Crippen LogP contribution is -2.20. The fraction of sp³-hybridized carbons (Fsp3) is 0.229. The first-order valence-electron chi connectivity index (χ1n) is 14.4. The Labute approximate surface area is 260 Å². The lowest BCUT2D eigenvalue weighted by molar-refractivity contribution is -0.139. The number of anilines is 1. The number of carboxylic acid groups (broad SMARTS) is 1. The molecule has 1 amide bonds. The van der Waals surface area contributed by atoms with E-state index in [1.165, 1.54) is 25.3 Å². The van der Waals surface area contributed by atoms with Crippen LogP contribution in [0.2, 0.25) is 0 Å². The van der Waals surface area contributed by atoms with Crippen molar-refractivity contribution in [3.05, 3.63) is 108 Å². The third-order valence-electron chi connectivity index (χ3n) is 7.13. The number of hydrogen-bond acceptors (Lipinski definition) is 6. The molecule has 4 aromatic rings. The summed E-state index contributed by atoms with van der Waals surface area (Å²) in [6.45, 7) is 3.80. The molecule has 1 heterocycles. The van der Waals surface area contributed by atoms with Crippen LogP contribution in [0, 0.1) is 5.82 Å². The topological polar surface area (TPSA) is 138 Å². The number of carbonyl (C=O) groups is 3. The Kier molecular flexibility index (Phi) is 10.7. The quantitative estimate of drug-likeness (QED) is 0.140. The summed E-state index contributed by atoms with van der Waals surface area (Å²) in [5, 5.41) is 32.7. The summed E-state index contributed by atoms with van der Waals surface area (Å²) >= 11 is 0. The third-order valence-corrected chi connectivity index (χ3v) is 7.13. The molecule has 234 valence electrons. The van der Waals surface area contributed by atoms with Crippen molar-refractivity contribution in [2.75, 3.05) is 12.4 Å². The summed E-state index contributed by atoms with van der Waals surface area (Å²) in [5.74, 6) is -2.58. The van der Waals surface area contributed by atoms with Crippen LogP contribution in [-0.2, 0) is 9.53 Å². The maximum atomic E-state index is 14.2. The molecule has 0 aliphatic rings. The second-order valence-electron chi connectivity index (χ2n) is 10.8. The van der Waals surface area contributed by atoms with Gasteiger partial charge >= 0.3 is 11.9 Å². The summed E-state index contributed by atoms with van der Waals surface area (Å²) in [6, 6.07) is 21.1. The Hall–Kier alpha value is -5.06. The molecule has 0 radical (unpaired) electrons. The van der Waals surface area contributed by atoms with Gasteiger partial charge in [-0.3, -0.25) is 9.59 Å². The van der Waals surface area contributed by atoms with E-state index < -0.39 is 42.3 Å². The second-order valence-corrected chi connectivity index (χ2v) is 10.8. The van der Waals surface area contributed by atoms with Gasteiger partial charge in [0.2, 0.25) is 0 Å². The number of hydrogen-bond donors (Lipinski definition) is 4. The van der Waals surface area contributed by atoms with E-state index in [0.29, 0.717) is 39.3 Å². The highest BCUT2D eigenvalue weighted by Gasteiger charge is 2.29. The summed E-state index contributed by atoms with van der Waals surface area (Å²) in [7, 11) is 1.28. The van der Waals surface area contributed by atoms with Gasteiger partial charge in [-0.05, 0) is 67.4 Å². The number of nitrogens with zero attached hydrogens (tertiary/aromatic N) is 1. The molecule has 0 aliphatic heterocycles. The molecular weight excluding hydrogens is 579 g/mol. The second kappa shape index (κ2) is 14.6. The van der Waals surface area contributed by atoms with Gasteiger partial charge in [-0.2, -0.15) is 0 Å². The molecule has 1 aromatic heterocycles. The minimum Gasteiger partial charge on any atom is -0.481 e. The number of nitrogens with one attached hydrogen (secondary N) is 1. The molecule has 0 bridgehead atoms. The predicted molar refractivity (Wildman–Crippen MR) is 169 cm³/mol. The van der Waals surface area contributed by atoms with Gasteiger partial charge in [0.15, 0.2) is 0 Å². The predicted octanol–water partition coefficient (Wildman–Crippen LogP) is 6.18. The number of halogens is 1. The van der Waals surface area contributed by atoms with Gasteiger partial charge in [-0.15, -0.1) is 0 Å². The average Bonchev–Trinajstić information content (AvgIpc) is 3.36. The standard InChI is InChI=1S/C35H35FN2O7/c1-21(2)38-29(18-17-27(39)19-28(40)20-30(41)42)31(23-9-13-25(36)14-10-23)32(22-7-5-4-6-8-22)33(38)34(43)37-26-15-11-24(12-16-26)35(44)45-3/h4-18,21,27-28,39-40H,19-20H2,1-3H3,(H,37,43)(H,41,42)/b18-17+. The largest absolute Gasteiger partial charge is 0.481 e. The molecule has 4 rings (SSSR count). The smallest absolute Gasteiger partial charge is 0.337 e.